The minimum Gasteiger partial charge on any atom is -0.301 e. The molecule has 0 aliphatic carbocycles. The maximum absolute atomic E-state index is 12.9. The van der Waals surface area contributed by atoms with Crippen LogP contribution in [0.3, 0.4) is 0 Å². The van der Waals surface area contributed by atoms with Gasteiger partial charge in [0.1, 0.15) is 4.21 Å². The molecule has 1 aliphatic rings. The average molecular weight is 447 g/mol. The summed E-state index contributed by atoms with van der Waals surface area (Å²) in [6.45, 7) is 5.40. The van der Waals surface area contributed by atoms with E-state index in [0.29, 0.717) is 27.2 Å². The van der Waals surface area contributed by atoms with Crippen molar-refractivity contribution in [3.05, 3.63) is 57.3 Å². The summed E-state index contributed by atoms with van der Waals surface area (Å²) in [5.41, 5.74) is 0.421. The van der Waals surface area contributed by atoms with Crippen LogP contribution in [0.1, 0.15) is 30.3 Å². The molecule has 0 saturated carbocycles. The van der Waals surface area contributed by atoms with Crippen molar-refractivity contribution in [3.63, 3.8) is 0 Å². The number of hydrogen-bond acceptors (Lipinski definition) is 6. The first-order valence-corrected chi connectivity index (χ1v) is 12.6. The summed E-state index contributed by atoms with van der Waals surface area (Å²) >= 11 is 1.27. The van der Waals surface area contributed by atoms with Crippen LogP contribution in [0.4, 0.5) is 0 Å². The molecule has 1 N–H and O–H groups in total. The molecule has 7 nitrogen and oxygen atoms in total. The van der Waals surface area contributed by atoms with E-state index in [2.05, 4.69) is 14.7 Å². The monoisotopic (exact) mass is 446 g/mol. The zero-order chi connectivity index (χ0) is 21.1. The molecular weight excluding hydrogens is 420 g/mol. The minimum absolute atomic E-state index is 0.0339. The molecule has 30 heavy (non-hydrogen) atoms. The number of hydrogen-bond donors (Lipinski definition) is 1. The Morgan fingerprint density at radius 1 is 1.07 bits per heavy atom. The summed E-state index contributed by atoms with van der Waals surface area (Å²) in [5, 5.41) is 5.78. The number of aryl methyl sites for hydroxylation is 1. The number of thiophene rings is 1. The molecule has 0 atom stereocenters. The Bertz CT molecular complexity index is 1190. The topological polar surface area (TPSA) is 84.3 Å². The van der Waals surface area contributed by atoms with Crippen LogP contribution in [0.2, 0.25) is 0 Å². The first kappa shape index (κ1) is 21.2. The van der Waals surface area contributed by atoms with Crippen LogP contribution in [-0.2, 0) is 29.5 Å². The SMILES string of the molecule is CCc1ccc(S(=O)(=O)NCc2nn(CCN3CCCC3)c(=O)c3ccccc23)s1. The van der Waals surface area contributed by atoms with Crippen LogP contribution in [0.5, 0.6) is 0 Å². The van der Waals surface area contributed by atoms with E-state index in [4.69, 9.17) is 0 Å². The maximum Gasteiger partial charge on any atom is 0.274 e. The van der Waals surface area contributed by atoms with Gasteiger partial charge in [-0.05, 0) is 50.6 Å². The van der Waals surface area contributed by atoms with Gasteiger partial charge in [0.2, 0.25) is 10.0 Å². The minimum atomic E-state index is -3.63. The Kier molecular flexibility index (Phi) is 6.33. The number of aromatic nitrogens is 2. The van der Waals surface area contributed by atoms with E-state index in [0.717, 1.165) is 30.9 Å². The Morgan fingerprint density at radius 3 is 2.50 bits per heavy atom. The van der Waals surface area contributed by atoms with Crippen molar-refractivity contribution in [2.24, 2.45) is 0 Å². The van der Waals surface area contributed by atoms with Gasteiger partial charge >= 0.3 is 0 Å². The molecule has 1 aromatic carbocycles. The van der Waals surface area contributed by atoms with E-state index in [1.165, 1.54) is 28.9 Å². The fourth-order valence-electron chi connectivity index (χ4n) is 3.76. The van der Waals surface area contributed by atoms with Gasteiger partial charge in [-0.15, -0.1) is 11.3 Å². The lowest BCUT2D eigenvalue weighted by atomic mass is 10.1. The summed E-state index contributed by atoms with van der Waals surface area (Å²) in [6, 6.07) is 10.7. The molecule has 0 amide bonds. The van der Waals surface area contributed by atoms with Gasteiger partial charge in [-0.2, -0.15) is 5.10 Å². The molecule has 3 aromatic rings. The molecule has 1 aliphatic heterocycles. The van der Waals surface area contributed by atoms with Crippen LogP contribution < -0.4 is 10.3 Å². The molecule has 0 unspecified atom stereocenters. The number of nitrogens with one attached hydrogen (secondary N) is 1. The summed E-state index contributed by atoms with van der Waals surface area (Å²) in [6.07, 6.45) is 3.18. The van der Waals surface area contributed by atoms with Crippen LogP contribution >= 0.6 is 11.3 Å². The van der Waals surface area contributed by atoms with Gasteiger partial charge in [-0.25, -0.2) is 17.8 Å². The summed E-state index contributed by atoms with van der Waals surface area (Å²) in [7, 11) is -3.63. The highest BCUT2D eigenvalue weighted by Gasteiger charge is 2.19. The van der Waals surface area contributed by atoms with E-state index < -0.39 is 10.0 Å². The summed E-state index contributed by atoms with van der Waals surface area (Å²) < 4.78 is 29.9. The molecule has 3 heterocycles. The molecule has 2 aromatic heterocycles. The number of benzene rings is 1. The second-order valence-electron chi connectivity index (χ2n) is 7.47. The first-order chi connectivity index (χ1) is 14.5. The quantitative estimate of drug-likeness (QED) is 0.575. The molecule has 0 spiro atoms. The van der Waals surface area contributed by atoms with Gasteiger partial charge in [0.25, 0.3) is 5.56 Å². The third-order valence-electron chi connectivity index (χ3n) is 5.45. The Hall–Kier alpha value is -2.07. The molecule has 9 heteroatoms. The lowest BCUT2D eigenvalue weighted by Crippen LogP contribution is -2.32. The zero-order valence-corrected chi connectivity index (χ0v) is 18.6. The standard InChI is InChI=1S/C21H26N4O3S2/c1-2-16-9-10-20(29-16)30(27,28)22-15-19-17-7-3-4-8-18(17)21(26)25(23-19)14-13-24-11-5-6-12-24/h3-4,7-10,22H,2,5-6,11-15H2,1H3. The van der Waals surface area contributed by atoms with Gasteiger partial charge in [0.15, 0.2) is 0 Å². The van der Waals surface area contributed by atoms with Crippen molar-refractivity contribution < 1.29 is 8.42 Å². The van der Waals surface area contributed by atoms with E-state index in [9.17, 15) is 13.2 Å². The van der Waals surface area contributed by atoms with Crippen molar-refractivity contribution in [2.45, 2.75) is 43.5 Å². The lowest BCUT2D eigenvalue weighted by molar-refractivity contribution is 0.312. The number of likely N-dealkylation sites (tertiary alicyclic amines) is 1. The Balaban J connectivity index is 1.60. The van der Waals surface area contributed by atoms with Crippen molar-refractivity contribution in [3.8, 4) is 0 Å². The first-order valence-electron chi connectivity index (χ1n) is 10.3. The van der Waals surface area contributed by atoms with Gasteiger partial charge in [0.05, 0.1) is 24.2 Å². The van der Waals surface area contributed by atoms with Crippen LogP contribution in [0, 0.1) is 0 Å². The molecule has 4 rings (SSSR count). The van der Waals surface area contributed by atoms with E-state index in [1.54, 1.807) is 12.1 Å². The zero-order valence-electron chi connectivity index (χ0n) is 17.0. The van der Waals surface area contributed by atoms with Crippen molar-refractivity contribution in [1.29, 1.82) is 0 Å². The van der Waals surface area contributed by atoms with Gasteiger partial charge in [-0.3, -0.25) is 4.79 Å². The van der Waals surface area contributed by atoms with Gasteiger partial charge in [-0.1, -0.05) is 25.1 Å². The fourth-order valence-corrected chi connectivity index (χ4v) is 6.08. The molecule has 0 radical (unpaired) electrons. The van der Waals surface area contributed by atoms with Crippen molar-refractivity contribution in [1.82, 2.24) is 19.4 Å². The molecule has 0 bridgehead atoms. The van der Waals surface area contributed by atoms with Gasteiger partial charge < -0.3 is 4.90 Å². The maximum atomic E-state index is 12.9. The average Bonchev–Trinajstić information content (AvgIpc) is 3.45. The second-order valence-corrected chi connectivity index (χ2v) is 10.6. The third kappa shape index (κ3) is 4.49. The highest BCUT2D eigenvalue weighted by molar-refractivity contribution is 7.91. The largest absolute Gasteiger partial charge is 0.301 e. The summed E-state index contributed by atoms with van der Waals surface area (Å²) in [5.74, 6) is 0. The predicted molar refractivity (Wildman–Crippen MR) is 119 cm³/mol. The predicted octanol–water partition coefficient (Wildman–Crippen LogP) is 2.59. The Labute approximate surface area is 180 Å². The highest BCUT2D eigenvalue weighted by atomic mass is 32.2. The Morgan fingerprint density at radius 2 is 1.80 bits per heavy atom. The van der Waals surface area contributed by atoms with Crippen LogP contribution in [0.25, 0.3) is 10.8 Å². The number of sulfonamides is 1. The van der Waals surface area contributed by atoms with E-state index >= 15 is 0 Å². The molecule has 160 valence electrons. The number of fused-ring (bicyclic) bond motifs is 1. The number of nitrogens with zero attached hydrogens (tertiary/aromatic N) is 3. The molecule has 1 fully saturated rings. The summed E-state index contributed by atoms with van der Waals surface area (Å²) in [4.78, 5) is 16.2. The third-order valence-corrected chi connectivity index (χ3v) is 8.57. The van der Waals surface area contributed by atoms with Gasteiger partial charge in [0, 0.05) is 16.8 Å². The van der Waals surface area contributed by atoms with Crippen molar-refractivity contribution in [2.75, 3.05) is 19.6 Å². The van der Waals surface area contributed by atoms with Crippen molar-refractivity contribution >= 4 is 32.1 Å². The number of rotatable bonds is 8. The van der Waals surface area contributed by atoms with Crippen LogP contribution in [-0.4, -0.2) is 42.7 Å². The van der Waals surface area contributed by atoms with Crippen LogP contribution in [0.15, 0.2) is 45.4 Å². The smallest absolute Gasteiger partial charge is 0.274 e. The fraction of sp³-hybridized carbons (Fsp3) is 0.429. The molecular formula is C21H26N4O3S2. The van der Waals surface area contributed by atoms with E-state index in [-0.39, 0.29) is 12.1 Å². The second kappa shape index (κ2) is 8.97. The normalized spacial score (nSPS) is 15.2. The molecule has 1 saturated heterocycles. The lowest BCUT2D eigenvalue weighted by Gasteiger charge is -2.16. The van der Waals surface area contributed by atoms with E-state index in [1.807, 2.05) is 31.2 Å². The highest BCUT2D eigenvalue weighted by Crippen LogP contribution is 2.22.